The fraction of sp³-hybridized carbons (Fsp3) is 0.118. The van der Waals surface area contributed by atoms with E-state index in [0.29, 0.717) is 16.5 Å². The number of thioether (sulfide) groups is 1. The summed E-state index contributed by atoms with van der Waals surface area (Å²) in [7, 11) is 1.58. The number of hydrogen-bond acceptors (Lipinski definition) is 7. The lowest BCUT2D eigenvalue weighted by Crippen LogP contribution is -2.42. The van der Waals surface area contributed by atoms with Gasteiger partial charge in [-0.3, -0.25) is 20.4 Å². The van der Waals surface area contributed by atoms with Gasteiger partial charge in [0.05, 0.1) is 18.6 Å². The van der Waals surface area contributed by atoms with Crippen LogP contribution in [0.1, 0.15) is 10.4 Å². The zero-order valence-electron chi connectivity index (χ0n) is 14.6. The van der Waals surface area contributed by atoms with E-state index in [4.69, 9.17) is 4.74 Å². The van der Waals surface area contributed by atoms with Crippen molar-refractivity contribution in [3.8, 4) is 11.4 Å². The Hall–Kier alpha value is -2.92. The molecule has 0 bridgehead atoms. The van der Waals surface area contributed by atoms with Crippen LogP contribution in [0.15, 0.2) is 58.2 Å². The molecule has 0 unspecified atom stereocenters. The number of tetrazole rings is 1. The molecule has 0 aliphatic heterocycles. The predicted octanol–water partition coefficient (Wildman–Crippen LogP) is 1.99. The highest BCUT2D eigenvalue weighted by Gasteiger charge is 2.13. The number of hydrogen-bond donors (Lipinski definition) is 2. The van der Waals surface area contributed by atoms with E-state index in [1.54, 1.807) is 55.6 Å². The maximum atomic E-state index is 12.0. The zero-order valence-corrected chi connectivity index (χ0v) is 17.0. The zero-order chi connectivity index (χ0) is 19.9. The standard InChI is InChI=1S/C17H15BrN6O3S/c1-27-14-8-6-13(7-9-14)24-17(21-22-23-24)28-10-15(25)19-20-16(26)11-2-4-12(18)5-3-11/h2-9H,10H2,1H3,(H,19,25)(H,20,26). The minimum absolute atomic E-state index is 0.0249. The Morgan fingerprint density at radius 2 is 1.82 bits per heavy atom. The van der Waals surface area contributed by atoms with Crippen LogP contribution in [0.2, 0.25) is 0 Å². The van der Waals surface area contributed by atoms with Crippen molar-refractivity contribution in [3.05, 3.63) is 58.6 Å². The highest BCUT2D eigenvalue weighted by Crippen LogP contribution is 2.20. The van der Waals surface area contributed by atoms with Crippen molar-refractivity contribution in [1.82, 2.24) is 31.1 Å². The predicted molar refractivity (Wildman–Crippen MR) is 106 cm³/mol. The largest absolute Gasteiger partial charge is 0.497 e. The summed E-state index contributed by atoms with van der Waals surface area (Å²) < 4.78 is 7.50. The van der Waals surface area contributed by atoms with E-state index >= 15 is 0 Å². The second-order valence-electron chi connectivity index (χ2n) is 5.37. The Morgan fingerprint density at radius 3 is 2.50 bits per heavy atom. The van der Waals surface area contributed by atoms with Crippen LogP contribution in [0.5, 0.6) is 5.75 Å². The van der Waals surface area contributed by atoms with Crippen LogP contribution >= 0.6 is 27.7 Å². The smallest absolute Gasteiger partial charge is 0.269 e. The number of carbonyl (C=O) groups is 2. The first-order valence-electron chi connectivity index (χ1n) is 7.97. The molecule has 0 saturated heterocycles. The van der Waals surface area contributed by atoms with E-state index in [2.05, 4.69) is 42.3 Å². The number of benzene rings is 2. The van der Waals surface area contributed by atoms with Gasteiger partial charge in [-0.15, -0.1) is 5.10 Å². The molecule has 1 aromatic heterocycles. The topological polar surface area (TPSA) is 111 Å². The van der Waals surface area contributed by atoms with Gasteiger partial charge < -0.3 is 4.74 Å². The van der Waals surface area contributed by atoms with Gasteiger partial charge in [-0.2, -0.15) is 4.68 Å². The number of ether oxygens (including phenoxy) is 1. The second kappa shape index (κ2) is 9.33. The molecule has 0 spiro atoms. The van der Waals surface area contributed by atoms with Crippen molar-refractivity contribution in [1.29, 1.82) is 0 Å². The summed E-state index contributed by atoms with van der Waals surface area (Å²) >= 11 is 4.44. The molecule has 11 heteroatoms. The van der Waals surface area contributed by atoms with Gasteiger partial charge in [-0.1, -0.05) is 27.7 Å². The van der Waals surface area contributed by atoms with Crippen molar-refractivity contribution in [2.75, 3.05) is 12.9 Å². The molecule has 144 valence electrons. The lowest BCUT2D eigenvalue weighted by atomic mass is 10.2. The van der Waals surface area contributed by atoms with Crippen LogP contribution in [0, 0.1) is 0 Å². The van der Waals surface area contributed by atoms with Crippen LogP contribution in [0.3, 0.4) is 0 Å². The van der Waals surface area contributed by atoms with E-state index in [9.17, 15) is 9.59 Å². The van der Waals surface area contributed by atoms with Crippen molar-refractivity contribution < 1.29 is 14.3 Å². The molecule has 2 aromatic carbocycles. The molecule has 0 aliphatic rings. The van der Waals surface area contributed by atoms with Gasteiger partial charge in [0.25, 0.3) is 5.91 Å². The molecule has 0 saturated carbocycles. The molecule has 0 radical (unpaired) electrons. The molecule has 3 aromatic rings. The fourth-order valence-corrected chi connectivity index (χ4v) is 3.08. The summed E-state index contributed by atoms with van der Waals surface area (Å²) in [5.41, 5.74) is 5.90. The van der Waals surface area contributed by atoms with Gasteiger partial charge in [0.2, 0.25) is 11.1 Å². The minimum atomic E-state index is -0.408. The Bertz CT molecular complexity index is 962. The molecule has 3 rings (SSSR count). The van der Waals surface area contributed by atoms with Gasteiger partial charge >= 0.3 is 0 Å². The first-order chi connectivity index (χ1) is 13.6. The second-order valence-corrected chi connectivity index (χ2v) is 7.23. The third-order valence-corrected chi connectivity index (χ3v) is 4.96. The number of carbonyl (C=O) groups excluding carboxylic acids is 2. The van der Waals surface area contributed by atoms with E-state index in [1.807, 2.05) is 0 Å². The van der Waals surface area contributed by atoms with Crippen LogP contribution < -0.4 is 15.6 Å². The highest BCUT2D eigenvalue weighted by molar-refractivity contribution is 9.10. The van der Waals surface area contributed by atoms with Crippen LogP contribution in [0.4, 0.5) is 0 Å². The van der Waals surface area contributed by atoms with Crippen molar-refractivity contribution in [2.45, 2.75) is 5.16 Å². The van der Waals surface area contributed by atoms with Crippen LogP contribution in [-0.2, 0) is 4.79 Å². The van der Waals surface area contributed by atoms with E-state index in [0.717, 1.165) is 21.9 Å². The van der Waals surface area contributed by atoms with Gasteiger partial charge in [0.1, 0.15) is 5.75 Å². The first kappa shape index (κ1) is 19.8. The van der Waals surface area contributed by atoms with Gasteiger partial charge in [0, 0.05) is 10.0 Å². The first-order valence-corrected chi connectivity index (χ1v) is 9.75. The number of halogens is 1. The summed E-state index contributed by atoms with van der Waals surface area (Å²) in [5.74, 6) is -0.0579. The Morgan fingerprint density at radius 1 is 1.11 bits per heavy atom. The molecule has 28 heavy (non-hydrogen) atoms. The van der Waals surface area contributed by atoms with Crippen LogP contribution in [0.25, 0.3) is 5.69 Å². The normalized spacial score (nSPS) is 10.4. The molecule has 1 heterocycles. The summed E-state index contributed by atoms with van der Waals surface area (Å²) in [6, 6.07) is 13.9. The quantitative estimate of drug-likeness (QED) is 0.425. The van der Waals surface area contributed by atoms with Crippen LogP contribution in [-0.4, -0.2) is 44.9 Å². The molecule has 9 nitrogen and oxygen atoms in total. The third kappa shape index (κ3) is 5.08. The highest BCUT2D eigenvalue weighted by atomic mass is 79.9. The number of rotatable bonds is 6. The molecule has 2 N–H and O–H groups in total. The van der Waals surface area contributed by atoms with Gasteiger partial charge in [0.15, 0.2) is 0 Å². The number of aromatic nitrogens is 4. The molecular formula is C17H15BrN6O3S. The summed E-state index contributed by atoms with van der Waals surface area (Å²) in [5, 5.41) is 11.9. The molecule has 2 amide bonds. The Balaban J connectivity index is 1.53. The van der Waals surface area contributed by atoms with Crippen molar-refractivity contribution in [3.63, 3.8) is 0 Å². The van der Waals surface area contributed by atoms with Gasteiger partial charge in [-0.25, -0.2) is 0 Å². The number of hydrazine groups is 1. The van der Waals surface area contributed by atoms with Crippen molar-refractivity contribution >= 4 is 39.5 Å². The summed E-state index contributed by atoms with van der Waals surface area (Å²) in [6.45, 7) is 0. The Labute approximate surface area is 172 Å². The third-order valence-electron chi connectivity index (χ3n) is 3.51. The van der Waals surface area contributed by atoms with E-state index in [1.165, 1.54) is 4.68 Å². The maximum absolute atomic E-state index is 12.0. The number of methoxy groups -OCH3 is 1. The Kier molecular flexibility index (Phi) is 6.61. The average Bonchev–Trinajstić information content (AvgIpc) is 3.19. The lowest BCUT2D eigenvalue weighted by molar-refractivity contribution is -0.119. The van der Waals surface area contributed by atoms with E-state index in [-0.39, 0.29) is 11.7 Å². The monoisotopic (exact) mass is 462 g/mol. The molecule has 0 atom stereocenters. The fourth-order valence-electron chi connectivity index (χ4n) is 2.12. The molecule has 0 fully saturated rings. The van der Waals surface area contributed by atoms with Gasteiger partial charge in [-0.05, 0) is 59.0 Å². The molecule has 0 aliphatic carbocycles. The van der Waals surface area contributed by atoms with E-state index < -0.39 is 5.91 Å². The lowest BCUT2D eigenvalue weighted by Gasteiger charge is -2.08. The van der Waals surface area contributed by atoms with Crippen molar-refractivity contribution in [2.24, 2.45) is 0 Å². The SMILES string of the molecule is COc1ccc(-n2nnnc2SCC(=O)NNC(=O)c2ccc(Br)cc2)cc1. The average molecular weight is 463 g/mol. The molecular weight excluding hydrogens is 448 g/mol. The maximum Gasteiger partial charge on any atom is 0.269 e. The number of amides is 2. The summed E-state index contributed by atoms with van der Waals surface area (Å²) in [6.07, 6.45) is 0. The minimum Gasteiger partial charge on any atom is -0.497 e. The number of nitrogens with one attached hydrogen (secondary N) is 2. The number of nitrogens with zero attached hydrogens (tertiary/aromatic N) is 4. The summed E-state index contributed by atoms with van der Waals surface area (Å²) in [4.78, 5) is 24.0.